The summed E-state index contributed by atoms with van der Waals surface area (Å²) in [6, 6.07) is 7.31. The zero-order chi connectivity index (χ0) is 18.7. The normalized spacial score (nSPS) is 22.0. The molecule has 1 aromatic carbocycles. The number of terminal acetylenes is 1. The average Bonchev–Trinajstić information content (AvgIpc) is 2.65. The number of hydrogen-bond acceptors (Lipinski definition) is 6. The molecule has 1 aromatic rings. The summed E-state index contributed by atoms with van der Waals surface area (Å²) in [5.41, 5.74) is 1.20. The van der Waals surface area contributed by atoms with E-state index in [1.165, 1.54) is 7.11 Å². The fourth-order valence-electron chi connectivity index (χ4n) is 3.41. The lowest BCUT2D eigenvalue weighted by atomic mass is 9.74. The number of hydrogen-bond donors (Lipinski definition) is 1. The minimum atomic E-state index is -0.863. The minimum Gasteiger partial charge on any atom is -0.493 e. The lowest BCUT2D eigenvalue weighted by Crippen LogP contribution is -2.34. The number of nitrogens with one attached hydrogen (secondary N) is 1. The molecule has 2 aliphatic rings. The van der Waals surface area contributed by atoms with Crippen molar-refractivity contribution in [3.05, 3.63) is 35.1 Å². The molecule has 0 spiro atoms. The van der Waals surface area contributed by atoms with Crippen molar-refractivity contribution in [2.45, 2.75) is 25.2 Å². The molecular formula is C20H18N2O4. The maximum absolute atomic E-state index is 12.5. The molecule has 1 N–H and O–H groups in total. The number of allylic oxidation sites excluding steroid dienone is 2. The molecular weight excluding hydrogens is 332 g/mol. The van der Waals surface area contributed by atoms with Crippen LogP contribution in [0.2, 0.25) is 0 Å². The van der Waals surface area contributed by atoms with Crippen LogP contribution in [0.3, 0.4) is 0 Å². The Balaban J connectivity index is 2.09. The standard InChI is InChI=1S/C20H18N2O4/c1-3-9-25-15-8-7-12(10-17(15)24-2)18-13(11-21)20(22)26-16-6-4-5-14(23)19(16)18/h1,7-8,10,13,18,22H,4-6,9H2,2H3. The molecule has 0 amide bonds. The number of nitrogens with zero attached hydrogens (tertiary/aromatic N) is 1. The third kappa shape index (κ3) is 3.02. The van der Waals surface area contributed by atoms with Gasteiger partial charge in [-0.15, -0.1) is 6.42 Å². The largest absolute Gasteiger partial charge is 0.493 e. The van der Waals surface area contributed by atoms with Crippen LogP contribution in [0.25, 0.3) is 0 Å². The van der Waals surface area contributed by atoms with Gasteiger partial charge in [-0.1, -0.05) is 12.0 Å². The highest BCUT2D eigenvalue weighted by Gasteiger charge is 2.42. The van der Waals surface area contributed by atoms with Crippen LogP contribution in [-0.2, 0) is 9.53 Å². The average molecular weight is 350 g/mol. The molecule has 0 radical (unpaired) electrons. The van der Waals surface area contributed by atoms with E-state index >= 15 is 0 Å². The van der Waals surface area contributed by atoms with Crippen molar-refractivity contribution in [1.29, 1.82) is 10.7 Å². The summed E-state index contributed by atoms with van der Waals surface area (Å²) in [5, 5.41) is 17.7. The molecule has 0 bridgehead atoms. The number of carbonyl (C=O) groups excluding carboxylic acids is 1. The summed E-state index contributed by atoms with van der Waals surface area (Å²) >= 11 is 0. The first-order chi connectivity index (χ1) is 12.6. The Morgan fingerprint density at radius 1 is 1.38 bits per heavy atom. The highest BCUT2D eigenvalue weighted by Crippen LogP contribution is 2.45. The van der Waals surface area contributed by atoms with E-state index in [0.29, 0.717) is 47.7 Å². The van der Waals surface area contributed by atoms with Crippen LogP contribution in [0.5, 0.6) is 11.5 Å². The SMILES string of the molecule is C#CCOc1ccc(C2C3=C(CCCC3=O)OC(=N)C2C#N)cc1OC. The predicted octanol–water partition coefficient (Wildman–Crippen LogP) is 2.95. The van der Waals surface area contributed by atoms with Gasteiger partial charge in [0.05, 0.1) is 13.2 Å². The Hall–Kier alpha value is -3.25. The van der Waals surface area contributed by atoms with Gasteiger partial charge in [-0.3, -0.25) is 10.2 Å². The topological polar surface area (TPSA) is 92.4 Å². The second kappa shape index (κ2) is 7.33. The van der Waals surface area contributed by atoms with Crippen LogP contribution < -0.4 is 9.47 Å². The van der Waals surface area contributed by atoms with E-state index in [4.69, 9.17) is 26.0 Å². The Bertz CT molecular complexity index is 873. The lowest BCUT2D eigenvalue weighted by molar-refractivity contribution is -0.116. The molecule has 2 atom stereocenters. The van der Waals surface area contributed by atoms with E-state index in [0.717, 1.165) is 0 Å². The molecule has 6 heteroatoms. The van der Waals surface area contributed by atoms with Crippen molar-refractivity contribution in [2.24, 2.45) is 5.92 Å². The van der Waals surface area contributed by atoms with Gasteiger partial charge in [0.25, 0.3) is 0 Å². The third-order valence-electron chi connectivity index (χ3n) is 4.57. The van der Waals surface area contributed by atoms with Crippen LogP contribution >= 0.6 is 0 Å². The number of ether oxygens (including phenoxy) is 3. The monoisotopic (exact) mass is 350 g/mol. The number of methoxy groups -OCH3 is 1. The summed E-state index contributed by atoms with van der Waals surface area (Å²) in [4.78, 5) is 12.5. The van der Waals surface area contributed by atoms with Gasteiger partial charge in [-0.05, 0) is 24.1 Å². The van der Waals surface area contributed by atoms with Gasteiger partial charge in [0, 0.05) is 24.3 Å². The maximum Gasteiger partial charge on any atom is 0.205 e. The van der Waals surface area contributed by atoms with Gasteiger partial charge in [0.2, 0.25) is 5.90 Å². The highest BCUT2D eigenvalue weighted by molar-refractivity contribution is 6.01. The van der Waals surface area contributed by atoms with Gasteiger partial charge >= 0.3 is 0 Å². The van der Waals surface area contributed by atoms with E-state index < -0.39 is 11.8 Å². The smallest absolute Gasteiger partial charge is 0.205 e. The highest BCUT2D eigenvalue weighted by atomic mass is 16.5. The van der Waals surface area contributed by atoms with E-state index in [1.807, 2.05) is 0 Å². The molecule has 26 heavy (non-hydrogen) atoms. The van der Waals surface area contributed by atoms with Crippen molar-refractivity contribution in [1.82, 2.24) is 0 Å². The first-order valence-corrected chi connectivity index (χ1v) is 8.27. The summed E-state index contributed by atoms with van der Waals surface area (Å²) < 4.78 is 16.3. The van der Waals surface area contributed by atoms with Crippen molar-refractivity contribution in [3.63, 3.8) is 0 Å². The summed E-state index contributed by atoms with van der Waals surface area (Å²) in [7, 11) is 1.51. The molecule has 0 saturated heterocycles. The third-order valence-corrected chi connectivity index (χ3v) is 4.57. The molecule has 1 aliphatic heterocycles. The number of carbonyl (C=O) groups is 1. The lowest BCUT2D eigenvalue weighted by Gasteiger charge is -2.34. The molecule has 0 fully saturated rings. The van der Waals surface area contributed by atoms with Crippen molar-refractivity contribution >= 4 is 11.7 Å². The van der Waals surface area contributed by atoms with Gasteiger partial charge in [-0.2, -0.15) is 5.26 Å². The van der Waals surface area contributed by atoms with Crippen LogP contribution in [0.1, 0.15) is 30.7 Å². The predicted molar refractivity (Wildman–Crippen MR) is 93.9 cm³/mol. The summed E-state index contributed by atoms with van der Waals surface area (Å²) in [6.45, 7) is 0.103. The van der Waals surface area contributed by atoms with Crippen LogP contribution in [0.15, 0.2) is 29.5 Å². The van der Waals surface area contributed by atoms with E-state index in [2.05, 4.69) is 12.0 Å². The fraction of sp³-hybridized carbons (Fsp3) is 0.350. The fourth-order valence-corrected chi connectivity index (χ4v) is 3.41. The minimum absolute atomic E-state index is 0.0318. The second-order valence-corrected chi connectivity index (χ2v) is 6.07. The van der Waals surface area contributed by atoms with E-state index in [9.17, 15) is 10.1 Å². The summed E-state index contributed by atoms with van der Waals surface area (Å²) in [5.74, 6) is 2.26. The Kier molecular flexibility index (Phi) is 4.95. The number of rotatable bonds is 4. The molecule has 0 aromatic heterocycles. The van der Waals surface area contributed by atoms with Crippen molar-refractivity contribution in [2.75, 3.05) is 13.7 Å². The first kappa shape index (κ1) is 17.6. The molecule has 2 unspecified atom stereocenters. The molecule has 3 rings (SSSR count). The van der Waals surface area contributed by atoms with E-state index in [-0.39, 0.29) is 18.3 Å². The van der Waals surface area contributed by atoms with Gasteiger partial charge in [-0.25, -0.2) is 0 Å². The molecule has 1 aliphatic carbocycles. The molecule has 132 valence electrons. The Labute approximate surface area is 151 Å². The number of ketones is 1. The maximum atomic E-state index is 12.5. The first-order valence-electron chi connectivity index (χ1n) is 8.27. The Morgan fingerprint density at radius 2 is 2.19 bits per heavy atom. The van der Waals surface area contributed by atoms with Crippen molar-refractivity contribution in [3.8, 4) is 29.9 Å². The zero-order valence-corrected chi connectivity index (χ0v) is 14.4. The van der Waals surface area contributed by atoms with E-state index in [1.54, 1.807) is 18.2 Å². The second-order valence-electron chi connectivity index (χ2n) is 6.07. The number of Topliss-reactive ketones (excluding diaryl/α,β-unsaturated/α-hetero) is 1. The zero-order valence-electron chi connectivity index (χ0n) is 14.4. The molecule has 0 saturated carbocycles. The Morgan fingerprint density at radius 3 is 2.88 bits per heavy atom. The molecule has 1 heterocycles. The summed E-state index contributed by atoms with van der Waals surface area (Å²) in [6.07, 6.45) is 6.93. The van der Waals surface area contributed by atoms with Crippen LogP contribution in [0, 0.1) is 35.0 Å². The van der Waals surface area contributed by atoms with Gasteiger partial charge < -0.3 is 14.2 Å². The van der Waals surface area contributed by atoms with Crippen LogP contribution in [-0.4, -0.2) is 25.4 Å². The number of benzene rings is 1. The quantitative estimate of drug-likeness (QED) is 0.843. The number of nitriles is 1. The van der Waals surface area contributed by atoms with Crippen molar-refractivity contribution < 1.29 is 19.0 Å². The van der Waals surface area contributed by atoms with Gasteiger partial charge in [0.1, 0.15) is 18.3 Å². The van der Waals surface area contributed by atoms with Crippen LogP contribution in [0.4, 0.5) is 0 Å². The molecule has 6 nitrogen and oxygen atoms in total. The van der Waals surface area contributed by atoms with Gasteiger partial charge in [0.15, 0.2) is 17.3 Å².